The molecule has 86 valence electrons. The van der Waals surface area contributed by atoms with Crippen LogP contribution in [0.2, 0.25) is 0 Å². The smallest absolute Gasteiger partial charge is 0.224 e. The monoisotopic (exact) mass is 212 g/mol. The van der Waals surface area contributed by atoms with Gasteiger partial charge in [-0.25, -0.2) is 0 Å². The van der Waals surface area contributed by atoms with Crippen molar-refractivity contribution in [2.24, 2.45) is 5.92 Å². The van der Waals surface area contributed by atoms with E-state index in [1.165, 1.54) is 12.8 Å². The number of carbonyl (C=O) groups is 1. The number of hydrogen-bond acceptors (Lipinski definition) is 3. The number of ether oxygens (including phenoxy) is 1. The Morgan fingerprint density at radius 2 is 1.93 bits per heavy atom. The summed E-state index contributed by atoms with van der Waals surface area (Å²) < 4.78 is 5.36. The maximum Gasteiger partial charge on any atom is 0.224 e. The molecule has 0 radical (unpaired) electrons. The molecule has 1 saturated carbocycles. The molecule has 2 unspecified atom stereocenters. The van der Waals surface area contributed by atoms with Crippen LogP contribution >= 0.6 is 0 Å². The molecular formula is C11H20N2O2. The van der Waals surface area contributed by atoms with Crippen LogP contribution in [-0.2, 0) is 9.53 Å². The second-order valence-electron chi connectivity index (χ2n) is 4.35. The maximum atomic E-state index is 11.9. The lowest BCUT2D eigenvalue weighted by Gasteiger charge is -2.32. The van der Waals surface area contributed by atoms with Crippen molar-refractivity contribution in [1.29, 1.82) is 0 Å². The van der Waals surface area contributed by atoms with Crippen molar-refractivity contribution < 1.29 is 9.53 Å². The molecule has 1 aliphatic carbocycles. The van der Waals surface area contributed by atoms with E-state index in [1.54, 1.807) is 0 Å². The normalized spacial score (nSPS) is 34.0. The van der Waals surface area contributed by atoms with E-state index in [4.69, 9.17) is 4.74 Å². The Labute approximate surface area is 90.8 Å². The summed E-state index contributed by atoms with van der Waals surface area (Å²) in [7, 11) is 0. The van der Waals surface area contributed by atoms with E-state index >= 15 is 0 Å². The highest BCUT2D eigenvalue weighted by molar-refractivity contribution is 5.79. The summed E-state index contributed by atoms with van der Waals surface area (Å²) in [6.07, 6.45) is 4.58. The Morgan fingerprint density at radius 3 is 2.87 bits per heavy atom. The largest absolute Gasteiger partial charge is 0.378 e. The van der Waals surface area contributed by atoms with Crippen molar-refractivity contribution in [1.82, 2.24) is 10.6 Å². The van der Waals surface area contributed by atoms with Gasteiger partial charge in [-0.15, -0.1) is 0 Å². The molecule has 2 aliphatic rings. The Kier molecular flexibility index (Phi) is 3.97. The zero-order valence-electron chi connectivity index (χ0n) is 9.13. The number of hydrogen-bond donors (Lipinski definition) is 2. The first-order valence-corrected chi connectivity index (χ1v) is 5.97. The molecule has 1 aliphatic heterocycles. The summed E-state index contributed by atoms with van der Waals surface area (Å²) in [6, 6.07) is 0.362. The average molecular weight is 212 g/mol. The molecular weight excluding hydrogens is 192 g/mol. The van der Waals surface area contributed by atoms with Crippen molar-refractivity contribution in [2.75, 3.05) is 26.3 Å². The molecule has 0 aromatic carbocycles. The molecule has 0 aromatic heterocycles. The highest BCUT2D eigenvalue weighted by Crippen LogP contribution is 2.24. The number of amides is 1. The zero-order valence-corrected chi connectivity index (χ0v) is 9.13. The van der Waals surface area contributed by atoms with Crippen molar-refractivity contribution in [3.63, 3.8) is 0 Å². The first kappa shape index (κ1) is 10.9. The van der Waals surface area contributed by atoms with E-state index < -0.39 is 0 Å². The van der Waals surface area contributed by atoms with Crippen molar-refractivity contribution in [3.8, 4) is 0 Å². The summed E-state index contributed by atoms with van der Waals surface area (Å²) in [5.74, 6) is 0.384. The topological polar surface area (TPSA) is 50.4 Å². The fourth-order valence-corrected chi connectivity index (χ4v) is 2.49. The first-order valence-electron chi connectivity index (χ1n) is 5.97. The number of nitrogens with one attached hydrogen (secondary N) is 2. The molecule has 0 aromatic rings. The minimum absolute atomic E-state index is 0.178. The molecule has 4 heteroatoms. The first-order chi connectivity index (χ1) is 7.38. The maximum absolute atomic E-state index is 11.9. The van der Waals surface area contributed by atoms with Gasteiger partial charge in [-0.05, 0) is 12.8 Å². The molecule has 2 N–H and O–H groups in total. The molecule has 2 rings (SSSR count). The second-order valence-corrected chi connectivity index (χ2v) is 4.35. The summed E-state index contributed by atoms with van der Waals surface area (Å²) >= 11 is 0. The highest BCUT2D eigenvalue weighted by atomic mass is 16.5. The van der Waals surface area contributed by atoms with E-state index in [1.807, 2.05) is 0 Å². The van der Waals surface area contributed by atoms with Gasteiger partial charge in [0.2, 0.25) is 5.91 Å². The lowest BCUT2D eigenvalue weighted by molar-refractivity contribution is -0.127. The lowest BCUT2D eigenvalue weighted by atomic mass is 9.84. The van der Waals surface area contributed by atoms with Crippen LogP contribution < -0.4 is 10.6 Å². The van der Waals surface area contributed by atoms with Crippen LogP contribution in [0.5, 0.6) is 0 Å². The number of carbonyl (C=O) groups excluding carboxylic acids is 1. The molecule has 2 fully saturated rings. The summed E-state index contributed by atoms with van der Waals surface area (Å²) in [6.45, 7) is 2.90. The van der Waals surface area contributed by atoms with Gasteiger partial charge in [0.05, 0.1) is 19.1 Å². The Balaban J connectivity index is 1.96. The third-order valence-corrected chi connectivity index (χ3v) is 3.30. The van der Waals surface area contributed by atoms with Gasteiger partial charge in [0.15, 0.2) is 0 Å². The molecule has 1 amide bonds. The van der Waals surface area contributed by atoms with Gasteiger partial charge in [0, 0.05) is 19.1 Å². The zero-order chi connectivity index (χ0) is 10.5. The molecule has 2 atom stereocenters. The number of fused-ring (bicyclic) bond motifs is 1. The summed E-state index contributed by atoms with van der Waals surface area (Å²) in [5.41, 5.74) is 0. The quantitative estimate of drug-likeness (QED) is 0.606. The Bertz CT molecular complexity index is 221. The van der Waals surface area contributed by atoms with E-state index in [0.717, 1.165) is 26.0 Å². The molecule has 15 heavy (non-hydrogen) atoms. The van der Waals surface area contributed by atoms with E-state index in [9.17, 15) is 4.79 Å². The standard InChI is InChI=1S/C11H20N2O2/c14-11-9-3-1-2-4-10(9)12-5-7-15-8-6-13-11/h9-10,12H,1-8H2,(H,13,14). The van der Waals surface area contributed by atoms with Gasteiger partial charge in [-0.3, -0.25) is 4.79 Å². The molecule has 1 saturated heterocycles. The third-order valence-electron chi connectivity index (χ3n) is 3.30. The summed E-state index contributed by atoms with van der Waals surface area (Å²) in [5, 5.41) is 6.38. The van der Waals surface area contributed by atoms with Crippen LogP contribution in [-0.4, -0.2) is 38.3 Å². The highest BCUT2D eigenvalue weighted by Gasteiger charge is 2.30. The van der Waals surface area contributed by atoms with E-state index in [-0.39, 0.29) is 11.8 Å². The van der Waals surface area contributed by atoms with Crippen LogP contribution in [0, 0.1) is 5.92 Å². The number of rotatable bonds is 0. The van der Waals surface area contributed by atoms with Crippen molar-refractivity contribution in [2.45, 2.75) is 31.7 Å². The van der Waals surface area contributed by atoms with Gasteiger partial charge in [0.25, 0.3) is 0 Å². The van der Waals surface area contributed by atoms with Gasteiger partial charge in [0.1, 0.15) is 0 Å². The minimum atomic E-state index is 0.178. The van der Waals surface area contributed by atoms with E-state index in [0.29, 0.717) is 19.2 Å². The molecule has 1 heterocycles. The van der Waals surface area contributed by atoms with Gasteiger partial charge < -0.3 is 15.4 Å². The Morgan fingerprint density at radius 1 is 1.13 bits per heavy atom. The van der Waals surface area contributed by atoms with E-state index in [2.05, 4.69) is 10.6 Å². The van der Waals surface area contributed by atoms with Crippen LogP contribution in [0.4, 0.5) is 0 Å². The van der Waals surface area contributed by atoms with Crippen LogP contribution in [0.3, 0.4) is 0 Å². The lowest BCUT2D eigenvalue weighted by Crippen LogP contribution is -2.48. The third kappa shape index (κ3) is 2.92. The molecule has 0 spiro atoms. The van der Waals surface area contributed by atoms with Crippen LogP contribution in [0.25, 0.3) is 0 Å². The van der Waals surface area contributed by atoms with Gasteiger partial charge in [-0.1, -0.05) is 12.8 Å². The second kappa shape index (κ2) is 5.47. The minimum Gasteiger partial charge on any atom is -0.378 e. The summed E-state index contributed by atoms with van der Waals surface area (Å²) in [4.78, 5) is 11.9. The Hall–Kier alpha value is -0.610. The molecule has 4 nitrogen and oxygen atoms in total. The fourth-order valence-electron chi connectivity index (χ4n) is 2.49. The van der Waals surface area contributed by atoms with Crippen molar-refractivity contribution >= 4 is 5.91 Å². The predicted octanol–water partition coefficient (Wildman–Crippen LogP) is 0.281. The van der Waals surface area contributed by atoms with Crippen LogP contribution in [0.1, 0.15) is 25.7 Å². The predicted molar refractivity (Wildman–Crippen MR) is 57.6 cm³/mol. The SMILES string of the molecule is O=C1NCCOCCNC2CCCCC12. The average Bonchev–Trinajstić information content (AvgIpc) is 2.28. The fraction of sp³-hybridized carbons (Fsp3) is 0.909. The van der Waals surface area contributed by atoms with Gasteiger partial charge >= 0.3 is 0 Å². The van der Waals surface area contributed by atoms with Crippen molar-refractivity contribution in [3.05, 3.63) is 0 Å². The molecule has 0 bridgehead atoms. The van der Waals surface area contributed by atoms with Crippen LogP contribution in [0.15, 0.2) is 0 Å². The van der Waals surface area contributed by atoms with Gasteiger partial charge in [-0.2, -0.15) is 0 Å².